The predicted octanol–water partition coefficient (Wildman–Crippen LogP) is 4.96. The summed E-state index contributed by atoms with van der Waals surface area (Å²) in [7, 11) is 0. The van der Waals surface area contributed by atoms with E-state index in [0.717, 1.165) is 46.0 Å². The highest BCUT2D eigenvalue weighted by Crippen LogP contribution is 2.34. The molecule has 7 nitrogen and oxygen atoms in total. The normalized spacial score (nSPS) is 18.4. The van der Waals surface area contributed by atoms with Gasteiger partial charge in [0.15, 0.2) is 16.8 Å². The maximum absolute atomic E-state index is 5.93. The molecule has 158 valence electrons. The van der Waals surface area contributed by atoms with Gasteiger partial charge in [0, 0.05) is 10.8 Å². The van der Waals surface area contributed by atoms with Crippen molar-refractivity contribution < 1.29 is 4.74 Å². The molecule has 1 aromatic carbocycles. The fourth-order valence-electron chi connectivity index (χ4n) is 3.02. The summed E-state index contributed by atoms with van der Waals surface area (Å²) in [4.78, 5) is 14.3. The summed E-state index contributed by atoms with van der Waals surface area (Å²) in [6.45, 7) is 4.24. The van der Waals surface area contributed by atoms with Crippen molar-refractivity contribution in [3.05, 3.63) is 46.9 Å². The van der Waals surface area contributed by atoms with Crippen LogP contribution in [0, 0.1) is 0 Å². The molecule has 2 aliphatic heterocycles. The molecule has 1 atom stereocenters. The van der Waals surface area contributed by atoms with Crippen LogP contribution in [0.3, 0.4) is 0 Å². The second-order valence-electron chi connectivity index (χ2n) is 6.75. The molecular formula is C20H23ClN6OS2. The minimum Gasteiger partial charge on any atom is -0.461 e. The third-order valence-electron chi connectivity index (χ3n) is 4.54. The van der Waals surface area contributed by atoms with Gasteiger partial charge in [-0.3, -0.25) is 5.43 Å². The van der Waals surface area contributed by atoms with E-state index in [2.05, 4.69) is 24.6 Å². The predicted molar refractivity (Wildman–Crippen MR) is 124 cm³/mol. The van der Waals surface area contributed by atoms with Gasteiger partial charge < -0.3 is 10.1 Å². The zero-order chi connectivity index (χ0) is 21.1. The number of aliphatic imine (C=N–C) groups is 1. The molecule has 1 unspecified atom stereocenters. The molecule has 0 saturated carbocycles. The molecule has 2 aliphatic rings. The SMILES string of the molecule is CCCCSc1nc2c(c(SC)n1)C1=NC(=COc3ccc(Cl)cc3)NN1C(C)N2. The fraction of sp³-hybridized carbons (Fsp3) is 0.350. The maximum Gasteiger partial charge on any atom is 0.190 e. The van der Waals surface area contributed by atoms with E-state index in [4.69, 9.17) is 31.3 Å². The molecule has 0 amide bonds. The minimum absolute atomic E-state index is 0.0317. The van der Waals surface area contributed by atoms with E-state index in [1.807, 2.05) is 23.4 Å². The number of aromatic nitrogens is 2. The Kier molecular flexibility index (Phi) is 6.60. The lowest BCUT2D eigenvalue weighted by molar-refractivity contribution is 0.298. The molecule has 0 saturated heterocycles. The zero-order valence-corrected chi connectivity index (χ0v) is 19.4. The van der Waals surface area contributed by atoms with Gasteiger partial charge in [-0.05, 0) is 43.9 Å². The molecule has 2 aromatic rings. The van der Waals surface area contributed by atoms with Gasteiger partial charge in [-0.15, -0.1) is 11.8 Å². The number of thioether (sulfide) groups is 2. The number of nitrogens with one attached hydrogen (secondary N) is 2. The summed E-state index contributed by atoms with van der Waals surface area (Å²) < 4.78 is 5.73. The van der Waals surface area contributed by atoms with E-state index in [1.165, 1.54) is 0 Å². The first-order valence-corrected chi connectivity index (χ1v) is 12.3. The van der Waals surface area contributed by atoms with E-state index in [1.54, 1.807) is 41.9 Å². The number of fused-ring (bicyclic) bond motifs is 3. The highest BCUT2D eigenvalue weighted by molar-refractivity contribution is 7.99. The molecule has 1 aromatic heterocycles. The van der Waals surface area contributed by atoms with Crippen molar-refractivity contribution in [1.29, 1.82) is 0 Å². The quantitative estimate of drug-likeness (QED) is 0.196. The van der Waals surface area contributed by atoms with Crippen molar-refractivity contribution in [3.63, 3.8) is 0 Å². The number of ether oxygens (including phenoxy) is 1. The smallest absolute Gasteiger partial charge is 0.190 e. The molecule has 0 bridgehead atoms. The van der Waals surface area contributed by atoms with E-state index in [9.17, 15) is 0 Å². The van der Waals surface area contributed by atoms with Crippen LogP contribution in [0.4, 0.5) is 5.82 Å². The number of rotatable bonds is 7. The van der Waals surface area contributed by atoms with Crippen molar-refractivity contribution in [2.75, 3.05) is 17.3 Å². The third-order valence-corrected chi connectivity index (χ3v) is 6.41. The number of hydrazine groups is 1. The first-order valence-electron chi connectivity index (χ1n) is 9.71. The lowest BCUT2D eigenvalue weighted by Gasteiger charge is -2.34. The maximum atomic E-state index is 5.93. The van der Waals surface area contributed by atoms with Crippen LogP contribution in [0.25, 0.3) is 0 Å². The van der Waals surface area contributed by atoms with Crippen molar-refractivity contribution in [2.24, 2.45) is 4.99 Å². The highest BCUT2D eigenvalue weighted by atomic mass is 35.5. The van der Waals surface area contributed by atoms with Crippen molar-refractivity contribution in [1.82, 2.24) is 20.4 Å². The summed E-state index contributed by atoms with van der Waals surface area (Å²) in [6, 6.07) is 7.19. The number of unbranched alkanes of at least 4 members (excludes halogenated alkanes) is 1. The van der Waals surface area contributed by atoms with E-state index in [0.29, 0.717) is 16.6 Å². The first kappa shape index (κ1) is 21.1. The molecule has 0 aliphatic carbocycles. The van der Waals surface area contributed by atoms with Gasteiger partial charge >= 0.3 is 0 Å². The number of hydrogen-bond acceptors (Lipinski definition) is 9. The molecule has 0 radical (unpaired) electrons. The van der Waals surface area contributed by atoms with Crippen LogP contribution >= 0.6 is 35.1 Å². The second kappa shape index (κ2) is 9.36. The number of benzene rings is 1. The van der Waals surface area contributed by atoms with Crippen LogP contribution in [0.15, 0.2) is 51.5 Å². The van der Waals surface area contributed by atoms with Gasteiger partial charge in [0.25, 0.3) is 0 Å². The molecular weight excluding hydrogens is 440 g/mol. The minimum atomic E-state index is -0.0317. The van der Waals surface area contributed by atoms with Crippen LogP contribution in [-0.2, 0) is 0 Å². The molecule has 3 heterocycles. The summed E-state index contributed by atoms with van der Waals surface area (Å²) in [5, 5.41) is 7.80. The van der Waals surface area contributed by atoms with E-state index < -0.39 is 0 Å². The summed E-state index contributed by atoms with van der Waals surface area (Å²) >= 11 is 9.22. The Labute approximate surface area is 189 Å². The van der Waals surface area contributed by atoms with Crippen molar-refractivity contribution in [2.45, 2.75) is 43.0 Å². The molecule has 30 heavy (non-hydrogen) atoms. The lowest BCUT2D eigenvalue weighted by Crippen LogP contribution is -2.51. The second-order valence-corrected chi connectivity index (χ2v) is 9.05. The molecule has 2 N–H and O–H groups in total. The Hall–Kier alpha value is -2.10. The third kappa shape index (κ3) is 4.48. The standard InChI is InChI=1S/C20H23ClN6OS2/c1-4-5-10-30-20-24-17-16(19(25-20)29-3)18-23-15(26-27(18)12(2)22-17)11-28-14-8-6-13(21)7-9-14/h6-9,11-12,26H,4-5,10H2,1-3H3,(H,22,24,25). The largest absolute Gasteiger partial charge is 0.461 e. The van der Waals surface area contributed by atoms with E-state index in [-0.39, 0.29) is 6.17 Å². The van der Waals surface area contributed by atoms with Gasteiger partial charge in [0.05, 0.1) is 5.56 Å². The Morgan fingerprint density at radius 3 is 2.80 bits per heavy atom. The zero-order valence-electron chi connectivity index (χ0n) is 17.0. The van der Waals surface area contributed by atoms with Gasteiger partial charge in [0.2, 0.25) is 0 Å². The van der Waals surface area contributed by atoms with Crippen LogP contribution in [0.2, 0.25) is 5.02 Å². The molecule has 4 rings (SSSR count). The van der Waals surface area contributed by atoms with Gasteiger partial charge in [-0.25, -0.2) is 20.0 Å². The summed E-state index contributed by atoms with van der Waals surface area (Å²) in [6.07, 6.45) is 5.89. The van der Waals surface area contributed by atoms with E-state index >= 15 is 0 Å². The summed E-state index contributed by atoms with van der Waals surface area (Å²) in [5.74, 6) is 3.92. The van der Waals surface area contributed by atoms with Crippen LogP contribution in [0.5, 0.6) is 5.75 Å². The van der Waals surface area contributed by atoms with Crippen LogP contribution in [0.1, 0.15) is 32.3 Å². The Morgan fingerprint density at radius 1 is 1.27 bits per heavy atom. The Morgan fingerprint density at radius 2 is 2.07 bits per heavy atom. The van der Waals surface area contributed by atoms with Crippen molar-refractivity contribution in [3.8, 4) is 5.75 Å². The lowest BCUT2D eigenvalue weighted by atomic mass is 10.2. The van der Waals surface area contributed by atoms with Gasteiger partial charge in [0.1, 0.15) is 29.0 Å². The Balaban J connectivity index is 1.62. The number of halogens is 1. The number of nitrogens with zero attached hydrogens (tertiary/aromatic N) is 4. The summed E-state index contributed by atoms with van der Waals surface area (Å²) in [5.41, 5.74) is 4.19. The van der Waals surface area contributed by atoms with Gasteiger partial charge in [-0.2, -0.15) is 0 Å². The molecule has 0 fully saturated rings. The van der Waals surface area contributed by atoms with Crippen LogP contribution < -0.4 is 15.5 Å². The Bertz CT molecular complexity index is 982. The van der Waals surface area contributed by atoms with Crippen LogP contribution in [-0.4, -0.2) is 39.0 Å². The monoisotopic (exact) mass is 462 g/mol. The first-order chi connectivity index (χ1) is 14.6. The molecule has 0 spiro atoms. The average molecular weight is 463 g/mol. The number of anilines is 1. The van der Waals surface area contributed by atoms with Gasteiger partial charge in [-0.1, -0.05) is 36.7 Å². The number of hydrogen-bond donors (Lipinski definition) is 2. The average Bonchev–Trinajstić information content (AvgIpc) is 3.18. The molecule has 10 heteroatoms. The highest BCUT2D eigenvalue weighted by Gasteiger charge is 2.36. The number of amidine groups is 1. The fourth-order valence-corrected chi connectivity index (χ4v) is 4.71. The topological polar surface area (TPSA) is 74.7 Å². The van der Waals surface area contributed by atoms with Crippen molar-refractivity contribution >= 4 is 46.8 Å².